The Hall–Kier alpha value is -2.05. The molecule has 0 fully saturated rings. The molecule has 1 aromatic heterocycles. The molecule has 0 saturated carbocycles. The Morgan fingerprint density at radius 1 is 1.13 bits per heavy atom. The SMILES string of the molecule is CN(C)c1ccccc1NC(=O)NCC(c1cccs1)N(C)C. The summed E-state index contributed by atoms with van der Waals surface area (Å²) in [5, 5.41) is 7.94. The van der Waals surface area contributed by atoms with Crippen LogP contribution in [0.15, 0.2) is 41.8 Å². The number of urea groups is 1. The van der Waals surface area contributed by atoms with Crippen LogP contribution in [0.1, 0.15) is 10.9 Å². The maximum absolute atomic E-state index is 12.2. The minimum atomic E-state index is -0.192. The molecule has 0 radical (unpaired) electrons. The highest BCUT2D eigenvalue weighted by Gasteiger charge is 2.16. The van der Waals surface area contributed by atoms with E-state index in [1.165, 1.54) is 4.88 Å². The first-order valence-corrected chi connectivity index (χ1v) is 8.38. The van der Waals surface area contributed by atoms with E-state index in [0.29, 0.717) is 6.54 Å². The number of hydrogen-bond acceptors (Lipinski definition) is 4. The lowest BCUT2D eigenvalue weighted by Gasteiger charge is -2.24. The molecule has 2 rings (SSSR count). The first-order chi connectivity index (χ1) is 11.0. The van der Waals surface area contributed by atoms with Crippen molar-refractivity contribution in [2.75, 3.05) is 45.0 Å². The molecule has 1 unspecified atom stereocenters. The summed E-state index contributed by atoms with van der Waals surface area (Å²) in [7, 11) is 7.95. The highest BCUT2D eigenvalue weighted by atomic mass is 32.1. The monoisotopic (exact) mass is 332 g/mol. The molecule has 2 aromatic rings. The van der Waals surface area contributed by atoms with E-state index in [1.54, 1.807) is 11.3 Å². The van der Waals surface area contributed by atoms with E-state index >= 15 is 0 Å². The zero-order valence-electron chi connectivity index (χ0n) is 14.0. The molecule has 0 saturated heterocycles. The van der Waals surface area contributed by atoms with Crippen LogP contribution < -0.4 is 15.5 Å². The van der Waals surface area contributed by atoms with Crippen molar-refractivity contribution >= 4 is 28.7 Å². The number of benzene rings is 1. The number of carbonyl (C=O) groups is 1. The average Bonchev–Trinajstić information content (AvgIpc) is 3.01. The van der Waals surface area contributed by atoms with Gasteiger partial charge in [0, 0.05) is 25.5 Å². The minimum Gasteiger partial charge on any atom is -0.376 e. The number of para-hydroxylation sites is 2. The Labute approximate surface area is 141 Å². The fourth-order valence-corrected chi connectivity index (χ4v) is 3.27. The smallest absolute Gasteiger partial charge is 0.319 e. The third kappa shape index (κ3) is 4.71. The Morgan fingerprint density at radius 3 is 2.48 bits per heavy atom. The second-order valence-corrected chi connectivity index (χ2v) is 6.72. The summed E-state index contributed by atoms with van der Waals surface area (Å²) in [4.78, 5) is 17.6. The third-order valence-electron chi connectivity index (χ3n) is 3.58. The molecule has 2 N–H and O–H groups in total. The van der Waals surface area contributed by atoms with E-state index in [2.05, 4.69) is 27.0 Å². The molecular formula is C17H24N4OS. The van der Waals surface area contributed by atoms with Gasteiger partial charge in [0.05, 0.1) is 17.4 Å². The summed E-state index contributed by atoms with van der Waals surface area (Å²) in [6, 6.07) is 11.9. The Morgan fingerprint density at radius 2 is 1.87 bits per heavy atom. The molecule has 5 nitrogen and oxygen atoms in total. The fourth-order valence-electron chi connectivity index (χ4n) is 2.34. The molecule has 2 amide bonds. The molecule has 6 heteroatoms. The van der Waals surface area contributed by atoms with Crippen LogP contribution in [-0.2, 0) is 0 Å². The molecule has 0 bridgehead atoms. The summed E-state index contributed by atoms with van der Waals surface area (Å²) in [5.74, 6) is 0. The summed E-state index contributed by atoms with van der Waals surface area (Å²) in [6.07, 6.45) is 0. The molecule has 0 aliphatic heterocycles. The first kappa shape index (κ1) is 17.3. The molecule has 0 aliphatic carbocycles. The largest absolute Gasteiger partial charge is 0.376 e. The molecular weight excluding hydrogens is 308 g/mol. The highest BCUT2D eigenvalue weighted by Crippen LogP contribution is 2.24. The molecule has 1 atom stereocenters. The van der Waals surface area contributed by atoms with Crippen molar-refractivity contribution in [3.8, 4) is 0 Å². The number of amides is 2. The van der Waals surface area contributed by atoms with Crippen LogP contribution in [0.4, 0.5) is 16.2 Å². The topological polar surface area (TPSA) is 47.6 Å². The number of nitrogens with zero attached hydrogens (tertiary/aromatic N) is 2. The van der Waals surface area contributed by atoms with Gasteiger partial charge in [-0.25, -0.2) is 4.79 Å². The molecule has 23 heavy (non-hydrogen) atoms. The van der Waals surface area contributed by atoms with Crippen LogP contribution in [0, 0.1) is 0 Å². The maximum Gasteiger partial charge on any atom is 0.319 e. The molecule has 1 aromatic carbocycles. The number of thiophene rings is 1. The van der Waals surface area contributed by atoms with Gasteiger partial charge in [-0.3, -0.25) is 0 Å². The van der Waals surface area contributed by atoms with Crippen LogP contribution >= 0.6 is 11.3 Å². The number of anilines is 2. The molecule has 124 valence electrons. The van der Waals surface area contributed by atoms with E-state index in [1.807, 2.05) is 63.4 Å². The third-order valence-corrected chi connectivity index (χ3v) is 4.56. The average molecular weight is 332 g/mol. The van der Waals surface area contributed by atoms with E-state index in [9.17, 15) is 4.79 Å². The Kier molecular flexibility index (Phi) is 6.01. The zero-order valence-corrected chi connectivity index (χ0v) is 14.9. The highest BCUT2D eigenvalue weighted by molar-refractivity contribution is 7.10. The number of likely N-dealkylation sites (N-methyl/N-ethyl adjacent to an activating group) is 1. The standard InChI is InChI=1S/C17H24N4OS/c1-20(2)14-9-6-5-8-13(14)19-17(22)18-12-15(21(3)4)16-10-7-11-23-16/h5-11,15H,12H2,1-4H3,(H2,18,19,22). The van der Waals surface area contributed by atoms with E-state index in [4.69, 9.17) is 0 Å². The van der Waals surface area contributed by atoms with Gasteiger partial charge in [0.15, 0.2) is 0 Å². The van der Waals surface area contributed by atoms with Gasteiger partial charge in [0.25, 0.3) is 0 Å². The predicted molar refractivity (Wildman–Crippen MR) is 98.5 cm³/mol. The van der Waals surface area contributed by atoms with Gasteiger partial charge < -0.3 is 20.4 Å². The number of hydrogen-bond donors (Lipinski definition) is 2. The van der Waals surface area contributed by atoms with Gasteiger partial charge in [-0.05, 0) is 37.7 Å². The lowest BCUT2D eigenvalue weighted by molar-refractivity contribution is 0.244. The van der Waals surface area contributed by atoms with Gasteiger partial charge in [-0.15, -0.1) is 11.3 Å². The first-order valence-electron chi connectivity index (χ1n) is 7.50. The van der Waals surface area contributed by atoms with Crippen LogP contribution in [-0.4, -0.2) is 45.7 Å². The quantitative estimate of drug-likeness (QED) is 0.854. The van der Waals surface area contributed by atoms with Gasteiger partial charge in [0.1, 0.15) is 0 Å². The van der Waals surface area contributed by atoms with E-state index < -0.39 is 0 Å². The van der Waals surface area contributed by atoms with Crippen molar-refractivity contribution in [3.63, 3.8) is 0 Å². The Balaban J connectivity index is 1.97. The Bertz CT molecular complexity index is 625. The second kappa shape index (κ2) is 7.99. The number of nitrogens with one attached hydrogen (secondary N) is 2. The predicted octanol–water partition coefficient (Wildman–Crippen LogP) is 3.24. The van der Waals surface area contributed by atoms with Crippen LogP contribution in [0.5, 0.6) is 0 Å². The van der Waals surface area contributed by atoms with Crippen molar-refractivity contribution in [3.05, 3.63) is 46.7 Å². The molecule has 0 aliphatic rings. The van der Waals surface area contributed by atoms with Gasteiger partial charge >= 0.3 is 6.03 Å². The van der Waals surface area contributed by atoms with E-state index in [0.717, 1.165) is 11.4 Å². The van der Waals surface area contributed by atoms with Crippen molar-refractivity contribution in [2.45, 2.75) is 6.04 Å². The lowest BCUT2D eigenvalue weighted by atomic mass is 10.2. The van der Waals surface area contributed by atoms with Gasteiger partial charge in [-0.1, -0.05) is 18.2 Å². The second-order valence-electron chi connectivity index (χ2n) is 5.74. The van der Waals surface area contributed by atoms with Crippen molar-refractivity contribution in [1.29, 1.82) is 0 Å². The van der Waals surface area contributed by atoms with Gasteiger partial charge in [0.2, 0.25) is 0 Å². The van der Waals surface area contributed by atoms with Crippen LogP contribution in [0.25, 0.3) is 0 Å². The molecule has 0 spiro atoms. The van der Waals surface area contributed by atoms with Gasteiger partial charge in [-0.2, -0.15) is 0 Å². The number of carbonyl (C=O) groups excluding carboxylic acids is 1. The van der Waals surface area contributed by atoms with Crippen molar-refractivity contribution in [1.82, 2.24) is 10.2 Å². The van der Waals surface area contributed by atoms with Crippen LogP contribution in [0.2, 0.25) is 0 Å². The molecule has 1 heterocycles. The normalized spacial score (nSPS) is 12.0. The lowest BCUT2D eigenvalue weighted by Crippen LogP contribution is -2.36. The minimum absolute atomic E-state index is 0.171. The van der Waals surface area contributed by atoms with E-state index in [-0.39, 0.29) is 12.1 Å². The summed E-state index contributed by atoms with van der Waals surface area (Å²) < 4.78 is 0. The summed E-state index contributed by atoms with van der Waals surface area (Å²) in [5.41, 5.74) is 1.78. The number of rotatable bonds is 6. The van der Waals surface area contributed by atoms with Crippen LogP contribution in [0.3, 0.4) is 0 Å². The van der Waals surface area contributed by atoms with Crippen molar-refractivity contribution in [2.24, 2.45) is 0 Å². The van der Waals surface area contributed by atoms with Crippen molar-refractivity contribution < 1.29 is 4.79 Å². The summed E-state index contributed by atoms with van der Waals surface area (Å²) in [6.45, 7) is 0.559. The maximum atomic E-state index is 12.2. The fraction of sp³-hybridized carbons (Fsp3) is 0.353. The summed E-state index contributed by atoms with van der Waals surface area (Å²) >= 11 is 1.70. The zero-order chi connectivity index (χ0) is 16.8.